The molecule has 2 heteroatoms. The number of nitrogens with zero attached hydrogens (tertiary/aromatic N) is 1. The van der Waals surface area contributed by atoms with Gasteiger partial charge in [-0.25, -0.2) is 0 Å². The first-order valence-electron chi connectivity index (χ1n) is 5.53. The van der Waals surface area contributed by atoms with Gasteiger partial charge >= 0.3 is 0 Å². The van der Waals surface area contributed by atoms with Gasteiger partial charge in [-0.2, -0.15) is 0 Å². The van der Waals surface area contributed by atoms with Gasteiger partial charge in [-0.05, 0) is 42.7 Å². The molecule has 86 valence electrons. The largest absolute Gasteiger partial charge is 0.256 e. The highest BCUT2D eigenvalue weighted by Crippen LogP contribution is 2.25. The molecule has 0 unspecified atom stereocenters. The van der Waals surface area contributed by atoms with Crippen molar-refractivity contribution in [2.75, 3.05) is 0 Å². The minimum atomic E-state index is 0.754. The van der Waals surface area contributed by atoms with Crippen LogP contribution in [0.3, 0.4) is 0 Å². The Morgan fingerprint density at radius 2 is 1.76 bits per heavy atom. The van der Waals surface area contributed by atoms with Gasteiger partial charge in [-0.1, -0.05) is 41.9 Å². The van der Waals surface area contributed by atoms with Crippen molar-refractivity contribution in [3.05, 3.63) is 64.2 Å². The zero-order valence-corrected chi connectivity index (χ0v) is 10.7. The highest BCUT2D eigenvalue weighted by atomic mass is 35.5. The molecular formula is C15H14ClN. The van der Waals surface area contributed by atoms with Crippen molar-refractivity contribution in [2.45, 2.75) is 13.8 Å². The van der Waals surface area contributed by atoms with Crippen LogP contribution < -0.4 is 0 Å². The molecule has 0 saturated heterocycles. The lowest BCUT2D eigenvalue weighted by Gasteiger charge is -2.02. The summed E-state index contributed by atoms with van der Waals surface area (Å²) < 4.78 is 0. The molecule has 2 aromatic carbocycles. The van der Waals surface area contributed by atoms with E-state index in [0.29, 0.717) is 0 Å². The summed E-state index contributed by atoms with van der Waals surface area (Å²) in [7, 11) is 0. The average molecular weight is 244 g/mol. The molecule has 0 aliphatic carbocycles. The fraction of sp³-hybridized carbons (Fsp3) is 0.133. The van der Waals surface area contributed by atoms with Gasteiger partial charge in [-0.15, -0.1) is 0 Å². The highest BCUT2D eigenvalue weighted by molar-refractivity contribution is 6.31. The summed E-state index contributed by atoms with van der Waals surface area (Å²) in [5.74, 6) is 0. The van der Waals surface area contributed by atoms with E-state index >= 15 is 0 Å². The van der Waals surface area contributed by atoms with Crippen molar-refractivity contribution in [3.8, 4) is 0 Å². The molecule has 17 heavy (non-hydrogen) atoms. The van der Waals surface area contributed by atoms with Gasteiger partial charge in [0.1, 0.15) is 0 Å². The van der Waals surface area contributed by atoms with Gasteiger partial charge in [0.25, 0.3) is 0 Å². The van der Waals surface area contributed by atoms with Crippen LogP contribution in [0.15, 0.2) is 47.5 Å². The third-order valence-electron chi connectivity index (χ3n) is 2.77. The van der Waals surface area contributed by atoms with Crippen LogP contribution in [0, 0.1) is 13.8 Å². The summed E-state index contributed by atoms with van der Waals surface area (Å²) in [6, 6.07) is 13.9. The Balaban J connectivity index is 2.33. The molecule has 0 spiro atoms. The molecule has 0 saturated carbocycles. The van der Waals surface area contributed by atoms with E-state index in [-0.39, 0.29) is 0 Å². The van der Waals surface area contributed by atoms with Crippen LogP contribution in [-0.2, 0) is 0 Å². The number of hydrogen-bond acceptors (Lipinski definition) is 1. The van der Waals surface area contributed by atoms with Gasteiger partial charge < -0.3 is 0 Å². The van der Waals surface area contributed by atoms with Gasteiger partial charge in [0.05, 0.1) is 5.69 Å². The van der Waals surface area contributed by atoms with E-state index in [9.17, 15) is 0 Å². The van der Waals surface area contributed by atoms with Crippen LogP contribution in [0.2, 0.25) is 5.02 Å². The first-order valence-corrected chi connectivity index (χ1v) is 5.91. The molecule has 1 nitrogen and oxygen atoms in total. The van der Waals surface area contributed by atoms with Gasteiger partial charge in [-0.3, -0.25) is 4.99 Å². The average Bonchev–Trinajstić information content (AvgIpc) is 2.33. The third kappa shape index (κ3) is 2.75. The molecule has 0 bridgehead atoms. The van der Waals surface area contributed by atoms with Crippen LogP contribution in [0.4, 0.5) is 5.69 Å². The molecule has 2 aromatic rings. The Bertz CT molecular complexity index is 559. The van der Waals surface area contributed by atoms with Crippen LogP contribution >= 0.6 is 11.6 Å². The molecule has 0 aliphatic rings. The summed E-state index contributed by atoms with van der Waals surface area (Å²) in [6.45, 7) is 4.05. The quantitative estimate of drug-likeness (QED) is 0.678. The summed E-state index contributed by atoms with van der Waals surface area (Å²) >= 11 is 6.05. The Hall–Kier alpha value is -1.60. The second-order valence-corrected chi connectivity index (χ2v) is 4.41. The maximum Gasteiger partial charge on any atom is 0.0673 e. The second kappa shape index (κ2) is 5.15. The number of aliphatic imine (C=N–C) groups is 1. The van der Waals surface area contributed by atoms with E-state index in [2.05, 4.69) is 24.0 Å². The summed E-state index contributed by atoms with van der Waals surface area (Å²) in [6.07, 6.45) is 1.88. The van der Waals surface area contributed by atoms with Crippen LogP contribution in [-0.4, -0.2) is 6.21 Å². The number of benzene rings is 2. The molecule has 2 rings (SSSR count). The highest BCUT2D eigenvalue weighted by Gasteiger charge is 1.99. The molecule has 0 radical (unpaired) electrons. The van der Waals surface area contributed by atoms with E-state index in [1.165, 1.54) is 5.56 Å². The zero-order valence-electron chi connectivity index (χ0n) is 9.94. The zero-order chi connectivity index (χ0) is 12.3. The summed E-state index contributed by atoms with van der Waals surface area (Å²) in [5.41, 5.74) is 4.28. The minimum Gasteiger partial charge on any atom is -0.256 e. The van der Waals surface area contributed by atoms with Gasteiger partial charge in [0.2, 0.25) is 0 Å². The first kappa shape index (κ1) is 11.9. The smallest absolute Gasteiger partial charge is 0.0673 e. The fourth-order valence-electron chi connectivity index (χ4n) is 1.61. The van der Waals surface area contributed by atoms with Crippen molar-refractivity contribution in [2.24, 2.45) is 4.99 Å². The lowest BCUT2D eigenvalue weighted by atomic mass is 10.1. The van der Waals surface area contributed by atoms with Crippen molar-refractivity contribution < 1.29 is 0 Å². The van der Waals surface area contributed by atoms with Crippen LogP contribution in [0.25, 0.3) is 0 Å². The molecule has 0 atom stereocenters. The Kier molecular flexibility index (Phi) is 3.60. The molecule has 0 heterocycles. The maximum atomic E-state index is 6.05. The lowest BCUT2D eigenvalue weighted by molar-refractivity contribution is 1.39. The van der Waals surface area contributed by atoms with E-state index < -0.39 is 0 Å². The summed E-state index contributed by atoms with van der Waals surface area (Å²) in [5, 5.41) is 0.754. The number of hydrogen-bond donors (Lipinski definition) is 0. The second-order valence-electron chi connectivity index (χ2n) is 4.00. The van der Waals surface area contributed by atoms with Crippen molar-refractivity contribution in [3.63, 3.8) is 0 Å². The molecule has 0 aliphatic heterocycles. The monoisotopic (exact) mass is 243 g/mol. The Morgan fingerprint density at radius 3 is 2.53 bits per heavy atom. The normalized spacial score (nSPS) is 11.0. The van der Waals surface area contributed by atoms with Crippen LogP contribution in [0.1, 0.15) is 16.7 Å². The third-order valence-corrected chi connectivity index (χ3v) is 3.18. The number of aryl methyl sites for hydroxylation is 1. The van der Waals surface area contributed by atoms with E-state index in [1.54, 1.807) is 0 Å². The molecule has 0 amide bonds. The number of halogens is 1. The topological polar surface area (TPSA) is 12.4 Å². The van der Waals surface area contributed by atoms with E-state index in [0.717, 1.165) is 21.8 Å². The predicted molar refractivity (Wildman–Crippen MR) is 74.6 cm³/mol. The molecular weight excluding hydrogens is 230 g/mol. The van der Waals surface area contributed by atoms with Crippen molar-refractivity contribution in [1.82, 2.24) is 0 Å². The maximum absolute atomic E-state index is 6.05. The molecule has 0 N–H and O–H groups in total. The van der Waals surface area contributed by atoms with Crippen molar-refractivity contribution >= 4 is 23.5 Å². The first-order chi connectivity index (χ1) is 8.18. The summed E-state index contributed by atoms with van der Waals surface area (Å²) in [4.78, 5) is 4.49. The van der Waals surface area contributed by atoms with Crippen LogP contribution in [0.5, 0.6) is 0 Å². The molecule has 0 aromatic heterocycles. The Morgan fingerprint density at radius 1 is 1.00 bits per heavy atom. The lowest BCUT2D eigenvalue weighted by Crippen LogP contribution is -1.85. The standard InChI is InChI=1S/C15H14ClN/c1-11-6-3-4-7-13(11)10-17-15-9-5-8-14(16)12(15)2/h3-10H,1-2H3/b17-10+. The predicted octanol–water partition coefficient (Wildman–Crippen LogP) is 4.71. The van der Waals surface area contributed by atoms with Gasteiger partial charge in [0, 0.05) is 11.2 Å². The number of rotatable bonds is 2. The van der Waals surface area contributed by atoms with E-state index in [1.807, 2.05) is 43.5 Å². The SMILES string of the molecule is Cc1ccccc1/C=N/c1cccc(Cl)c1C. The van der Waals surface area contributed by atoms with Gasteiger partial charge in [0.15, 0.2) is 0 Å². The fourth-order valence-corrected chi connectivity index (χ4v) is 1.78. The van der Waals surface area contributed by atoms with Crippen molar-refractivity contribution in [1.29, 1.82) is 0 Å². The van der Waals surface area contributed by atoms with E-state index in [4.69, 9.17) is 11.6 Å². The Labute approximate surface area is 107 Å². The molecule has 0 fully saturated rings. The minimum absolute atomic E-state index is 0.754.